The Morgan fingerprint density at radius 1 is 0.952 bits per heavy atom. The van der Waals surface area contributed by atoms with Gasteiger partial charge in [0.2, 0.25) is 11.8 Å². The number of aromatic nitrogens is 1. The van der Waals surface area contributed by atoms with Crippen LogP contribution in [0.25, 0.3) is 10.9 Å². The lowest BCUT2D eigenvalue weighted by atomic mass is 9.98. The molecular weight excluding hydrogens is 532 g/mol. The van der Waals surface area contributed by atoms with Crippen molar-refractivity contribution in [2.24, 2.45) is 0 Å². The standard InChI is InChI=1S/C32H32N6O4/c1-35-21-29(40)37-27(17-22-12-14-26(39)15-13-22)31(41)36(19-25-10-5-9-24-11-6-16-33-30(24)25)20-28(37)38(35)32(42)34-18-23-7-3-2-4-8-23/h2-16,27-28,39H,17-21H2,1H3,(H,34,42)/t27-,28-/m0/s1. The molecular formula is C32H32N6O4. The van der Waals surface area contributed by atoms with Gasteiger partial charge in [-0.3, -0.25) is 14.6 Å². The van der Waals surface area contributed by atoms with Crippen molar-refractivity contribution in [1.82, 2.24) is 30.1 Å². The number of likely N-dealkylation sites (N-methyl/N-ethyl adjacent to an activating group) is 1. The molecule has 0 aliphatic carbocycles. The van der Waals surface area contributed by atoms with E-state index in [0.717, 1.165) is 27.6 Å². The molecule has 3 aromatic carbocycles. The van der Waals surface area contributed by atoms with E-state index in [0.29, 0.717) is 6.54 Å². The van der Waals surface area contributed by atoms with Crippen LogP contribution in [-0.4, -0.2) is 80.1 Å². The van der Waals surface area contributed by atoms with E-state index >= 15 is 0 Å². The first-order chi connectivity index (χ1) is 20.4. The second-order valence-electron chi connectivity index (χ2n) is 10.7. The van der Waals surface area contributed by atoms with Crippen molar-refractivity contribution in [2.45, 2.75) is 31.7 Å². The van der Waals surface area contributed by atoms with Gasteiger partial charge in [0.25, 0.3) is 0 Å². The molecule has 42 heavy (non-hydrogen) atoms. The number of carbonyl (C=O) groups is 3. The Bertz CT molecular complexity index is 1610. The van der Waals surface area contributed by atoms with Gasteiger partial charge in [-0.05, 0) is 34.9 Å². The molecule has 2 aliphatic rings. The van der Waals surface area contributed by atoms with Crippen LogP contribution in [0.1, 0.15) is 16.7 Å². The first-order valence-electron chi connectivity index (χ1n) is 13.9. The van der Waals surface area contributed by atoms with Crippen LogP contribution >= 0.6 is 0 Å². The fraction of sp³-hybridized carbons (Fsp3) is 0.250. The summed E-state index contributed by atoms with van der Waals surface area (Å²) in [5.74, 6) is -0.304. The van der Waals surface area contributed by atoms with Crippen LogP contribution in [0.2, 0.25) is 0 Å². The lowest BCUT2D eigenvalue weighted by Gasteiger charge is -2.54. The molecule has 2 aliphatic heterocycles. The number of hydrogen-bond acceptors (Lipinski definition) is 6. The van der Waals surface area contributed by atoms with Gasteiger partial charge in [-0.2, -0.15) is 0 Å². The molecule has 3 heterocycles. The number of nitrogens with one attached hydrogen (secondary N) is 1. The molecule has 0 bridgehead atoms. The third-order valence-corrected chi connectivity index (χ3v) is 7.88. The molecule has 2 N–H and O–H groups in total. The highest BCUT2D eigenvalue weighted by Crippen LogP contribution is 2.30. The Labute approximate surface area is 243 Å². The summed E-state index contributed by atoms with van der Waals surface area (Å²) >= 11 is 0. The minimum Gasteiger partial charge on any atom is -0.508 e. The zero-order chi connectivity index (χ0) is 29.2. The van der Waals surface area contributed by atoms with E-state index in [1.807, 2.05) is 60.7 Å². The van der Waals surface area contributed by atoms with Crippen molar-refractivity contribution >= 4 is 28.7 Å². The number of benzene rings is 3. The maximum Gasteiger partial charge on any atom is 0.334 e. The summed E-state index contributed by atoms with van der Waals surface area (Å²) in [4.78, 5) is 49.2. The lowest BCUT2D eigenvalue weighted by molar-refractivity contribution is -0.187. The topological polar surface area (TPSA) is 109 Å². The largest absolute Gasteiger partial charge is 0.508 e. The lowest BCUT2D eigenvalue weighted by Crippen LogP contribution is -2.76. The number of para-hydroxylation sites is 1. The summed E-state index contributed by atoms with van der Waals surface area (Å²) in [6.07, 6.45) is 1.26. The molecule has 2 fully saturated rings. The van der Waals surface area contributed by atoms with Crippen molar-refractivity contribution in [1.29, 1.82) is 0 Å². The molecule has 2 saturated heterocycles. The average molecular weight is 565 g/mol. The Balaban J connectivity index is 1.34. The van der Waals surface area contributed by atoms with Gasteiger partial charge in [-0.25, -0.2) is 14.8 Å². The molecule has 10 nitrogen and oxygen atoms in total. The Morgan fingerprint density at radius 2 is 1.71 bits per heavy atom. The maximum absolute atomic E-state index is 14.1. The zero-order valence-corrected chi connectivity index (χ0v) is 23.3. The summed E-state index contributed by atoms with van der Waals surface area (Å²) in [7, 11) is 1.71. The molecule has 1 aromatic heterocycles. The fourth-order valence-electron chi connectivity index (χ4n) is 5.86. The van der Waals surface area contributed by atoms with Crippen LogP contribution in [0.3, 0.4) is 0 Å². The predicted octanol–water partition coefficient (Wildman–Crippen LogP) is 3.12. The van der Waals surface area contributed by atoms with E-state index in [2.05, 4.69) is 10.3 Å². The summed E-state index contributed by atoms with van der Waals surface area (Å²) in [6, 6.07) is 24.8. The minimum absolute atomic E-state index is 0.0398. The minimum atomic E-state index is -0.832. The number of carbonyl (C=O) groups excluding carboxylic acids is 3. The third-order valence-electron chi connectivity index (χ3n) is 7.88. The summed E-state index contributed by atoms with van der Waals surface area (Å²) in [5.41, 5.74) is 3.44. The number of hydrazine groups is 1. The van der Waals surface area contributed by atoms with Gasteiger partial charge in [-0.15, -0.1) is 0 Å². The van der Waals surface area contributed by atoms with Gasteiger partial charge in [0.1, 0.15) is 18.0 Å². The highest BCUT2D eigenvalue weighted by atomic mass is 16.3. The number of hydrogen-bond donors (Lipinski definition) is 2. The highest BCUT2D eigenvalue weighted by Gasteiger charge is 2.50. The second kappa shape index (κ2) is 11.5. The molecule has 10 heteroatoms. The first kappa shape index (κ1) is 27.2. The molecule has 2 atom stereocenters. The Hall–Kier alpha value is -4.96. The summed E-state index contributed by atoms with van der Waals surface area (Å²) < 4.78 is 0. The second-order valence-corrected chi connectivity index (χ2v) is 10.7. The van der Waals surface area contributed by atoms with Gasteiger partial charge in [0.05, 0.1) is 18.6 Å². The SMILES string of the molecule is CN1CC(=O)N2[C@@H](Cc3ccc(O)cc3)C(=O)N(Cc3cccc4cccnc34)C[C@@H]2N1C(=O)NCc1ccccc1. The van der Waals surface area contributed by atoms with Crippen LogP contribution in [0.5, 0.6) is 5.75 Å². The van der Waals surface area contributed by atoms with Gasteiger partial charge < -0.3 is 20.2 Å². The van der Waals surface area contributed by atoms with Crippen molar-refractivity contribution in [3.05, 3.63) is 108 Å². The first-order valence-corrected chi connectivity index (χ1v) is 13.9. The van der Waals surface area contributed by atoms with E-state index in [4.69, 9.17) is 0 Å². The van der Waals surface area contributed by atoms with Crippen LogP contribution < -0.4 is 5.32 Å². The average Bonchev–Trinajstić information content (AvgIpc) is 2.99. The van der Waals surface area contributed by atoms with Gasteiger partial charge in [0.15, 0.2) is 0 Å². The van der Waals surface area contributed by atoms with E-state index < -0.39 is 12.2 Å². The third kappa shape index (κ3) is 5.36. The van der Waals surface area contributed by atoms with Crippen molar-refractivity contribution in [2.75, 3.05) is 20.1 Å². The van der Waals surface area contributed by atoms with Crippen molar-refractivity contribution in [3.8, 4) is 5.75 Å². The summed E-state index contributed by atoms with van der Waals surface area (Å²) in [6.45, 7) is 0.706. The van der Waals surface area contributed by atoms with Crippen LogP contribution in [0.4, 0.5) is 4.79 Å². The van der Waals surface area contributed by atoms with Gasteiger partial charge in [0, 0.05) is 38.1 Å². The quantitative estimate of drug-likeness (QED) is 0.373. The van der Waals surface area contributed by atoms with Crippen LogP contribution in [0, 0.1) is 0 Å². The predicted molar refractivity (Wildman–Crippen MR) is 157 cm³/mol. The van der Waals surface area contributed by atoms with Crippen molar-refractivity contribution < 1.29 is 19.5 Å². The fourth-order valence-corrected chi connectivity index (χ4v) is 5.86. The van der Waals surface area contributed by atoms with Gasteiger partial charge >= 0.3 is 6.03 Å². The molecule has 0 unspecified atom stereocenters. The molecule has 4 aromatic rings. The summed E-state index contributed by atoms with van der Waals surface area (Å²) in [5, 5.41) is 16.9. The van der Waals surface area contributed by atoms with Crippen molar-refractivity contribution in [3.63, 3.8) is 0 Å². The molecule has 214 valence electrons. The zero-order valence-electron chi connectivity index (χ0n) is 23.3. The normalized spacial score (nSPS) is 19.2. The number of nitrogens with zero attached hydrogens (tertiary/aromatic N) is 5. The number of phenols is 1. The number of piperazine rings is 1. The molecule has 0 radical (unpaired) electrons. The smallest absolute Gasteiger partial charge is 0.334 e. The Morgan fingerprint density at radius 3 is 2.50 bits per heavy atom. The molecule has 6 rings (SSSR count). The van der Waals surface area contributed by atoms with Crippen LogP contribution in [0.15, 0.2) is 91.1 Å². The highest BCUT2D eigenvalue weighted by molar-refractivity contribution is 5.92. The van der Waals surface area contributed by atoms with E-state index in [1.165, 1.54) is 0 Å². The van der Waals surface area contributed by atoms with Gasteiger partial charge in [-0.1, -0.05) is 66.7 Å². The monoisotopic (exact) mass is 564 g/mol. The van der Waals surface area contributed by atoms with E-state index in [-0.39, 0.29) is 49.7 Å². The number of urea groups is 1. The number of aromatic hydroxyl groups is 1. The molecule has 0 spiro atoms. The number of fused-ring (bicyclic) bond motifs is 2. The maximum atomic E-state index is 14.1. The van der Waals surface area contributed by atoms with Crippen LogP contribution in [-0.2, 0) is 29.1 Å². The number of pyridine rings is 1. The number of rotatable bonds is 6. The molecule has 0 saturated carbocycles. The Kier molecular flexibility index (Phi) is 7.45. The van der Waals surface area contributed by atoms with E-state index in [1.54, 1.807) is 57.3 Å². The number of phenolic OH excluding ortho intramolecular Hbond substituents is 1. The molecule has 4 amide bonds. The van der Waals surface area contributed by atoms with E-state index in [9.17, 15) is 19.5 Å². The number of amides is 4.